The number of primary amides is 1. The number of nitrogens with zero attached hydrogens (tertiary/aromatic N) is 2. The molecule has 1 heterocycles. The lowest BCUT2D eigenvalue weighted by Gasteiger charge is -2.30. The average molecular weight is 462 g/mol. The lowest BCUT2D eigenvalue weighted by molar-refractivity contribution is -0.133. The van der Waals surface area contributed by atoms with Gasteiger partial charge in [0.05, 0.1) is 18.8 Å². The predicted molar refractivity (Wildman–Crippen MR) is 109 cm³/mol. The van der Waals surface area contributed by atoms with Crippen LogP contribution < -0.4 is 16.0 Å². The second kappa shape index (κ2) is 11.2. The molecule has 1 aromatic rings. The Bertz CT molecular complexity index is 828. The highest BCUT2D eigenvalue weighted by molar-refractivity contribution is 6.09. The van der Waals surface area contributed by atoms with Crippen LogP contribution in [-0.4, -0.2) is 67.9 Å². The molecule has 8 nitrogen and oxygen atoms in total. The van der Waals surface area contributed by atoms with Gasteiger partial charge in [-0.3, -0.25) is 19.3 Å². The van der Waals surface area contributed by atoms with Crippen molar-refractivity contribution in [1.29, 1.82) is 0 Å². The zero-order valence-electron chi connectivity index (χ0n) is 17.7. The third-order valence-corrected chi connectivity index (χ3v) is 4.66. The highest BCUT2D eigenvalue weighted by atomic mass is 19.3. The first-order valence-corrected chi connectivity index (χ1v) is 9.93. The first-order chi connectivity index (χ1) is 15.0. The molecular formula is C20H26F4N4O4. The highest BCUT2D eigenvalue weighted by Gasteiger charge is 2.34. The summed E-state index contributed by atoms with van der Waals surface area (Å²) in [6.07, 6.45) is -5.79. The molecule has 32 heavy (non-hydrogen) atoms. The van der Waals surface area contributed by atoms with Crippen LogP contribution in [0.1, 0.15) is 25.8 Å². The molecule has 0 aromatic heterocycles. The smallest absolute Gasteiger partial charge is 0.265 e. The topological polar surface area (TPSA) is 105 Å². The number of ether oxygens (including phenoxy) is 1. The standard InChI is InChI=1S/C20H26F4N4O4/c1-11(2)8-27(9-15(21)22)17(19(25)30)20(31)26-12-3-4-14(13(7-12)18(23)24)28-5-6-32-10-16(28)29/h3-4,7,11,15,17-18H,5-6,8-10H2,1-2H3,(H2,25,30)(H,26,31)/t17-/m0/s1. The van der Waals surface area contributed by atoms with Crippen molar-refractivity contribution >= 4 is 29.1 Å². The van der Waals surface area contributed by atoms with Crippen LogP contribution in [0.3, 0.4) is 0 Å². The van der Waals surface area contributed by atoms with Gasteiger partial charge in [-0.25, -0.2) is 17.6 Å². The molecule has 0 bridgehead atoms. The Morgan fingerprint density at radius 3 is 2.44 bits per heavy atom. The van der Waals surface area contributed by atoms with Gasteiger partial charge in [0, 0.05) is 24.3 Å². The molecule has 0 aliphatic carbocycles. The first kappa shape index (κ1) is 25.5. The zero-order valence-corrected chi connectivity index (χ0v) is 17.7. The van der Waals surface area contributed by atoms with E-state index in [1.807, 2.05) is 0 Å². The molecule has 3 amide bonds. The summed E-state index contributed by atoms with van der Waals surface area (Å²) in [7, 11) is 0. The lowest BCUT2D eigenvalue weighted by atomic mass is 10.1. The fourth-order valence-electron chi connectivity index (χ4n) is 3.44. The van der Waals surface area contributed by atoms with Crippen molar-refractivity contribution in [2.75, 3.05) is 43.1 Å². The Labute approximate surface area is 182 Å². The number of morpholine rings is 1. The second-order valence-electron chi connectivity index (χ2n) is 7.71. The second-order valence-corrected chi connectivity index (χ2v) is 7.71. The van der Waals surface area contributed by atoms with E-state index in [-0.39, 0.29) is 43.6 Å². The van der Waals surface area contributed by atoms with Gasteiger partial charge in [-0.05, 0) is 24.1 Å². The molecule has 2 rings (SSSR count). The normalized spacial score (nSPS) is 15.7. The SMILES string of the molecule is CC(C)CN(CC(F)F)[C@@H](C(N)=O)C(=O)Nc1ccc(N2CCOCC2=O)c(C(F)F)c1. The van der Waals surface area contributed by atoms with Crippen LogP contribution in [0.15, 0.2) is 18.2 Å². The van der Waals surface area contributed by atoms with E-state index in [4.69, 9.17) is 10.5 Å². The number of carbonyl (C=O) groups excluding carboxylic acids is 3. The summed E-state index contributed by atoms with van der Waals surface area (Å²) in [6.45, 7) is 2.60. The number of anilines is 2. The summed E-state index contributed by atoms with van der Waals surface area (Å²) in [5.74, 6) is -2.80. The molecule has 1 fully saturated rings. The van der Waals surface area contributed by atoms with E-state index in [1.54, 1.807) is 13.8 Å². The summed E-state index contributed by atoms with van der Waals surface area (Å²) in [5.41, 5.74) is 4.66. The van der Waals surface area contributed by atoms with E-state index in [0.717, 1.165) is 15.9 Å². The van der Waals surface area contributed by atoms with Gasteiger partial charge in [-0.15, -0.1) is 0 Å². The van der Waals surface area contributed by atoms with Gasteiger partial charge in [0.2, 0.25) is 5.91 Å². The van der Waals surface area contributed by atoms with Crippen LogP contribution in [0, 0.1) is 5.92 Å². The van der Waals surface area contributed by atoms with Crippen LogP contribution in [0.25, 0.3) is 0 Å². The number of nitrogens with one attached hydrogen (secondary N) is 1. The molecule has 1 aromatic carbocycles. The summed E-state index contributed by atoms with van der Waals surface area (Å²) >= 11 is 0. The van der Waals surface area contributed by atoms with Gasteiger partial charge in [-0.1, -0.05) is 13.8 Å². The quantitative estimate of drug-likeness (QED) is 0.409. The summed E-state index contributed by atoms with van der Waals surface area (Å²) in [4.78, 5) is 38.8. The zero-order chi connectivity index (χ0) is 24.0. The van der Waals surface area contributed by atoms with Gasteiger partial charge in [0.1, 0.15) is 6.61 Å². The highest BCUT2D eigenvalue weighted by Crippen LogP contribution is 2.33. The number of rotatable bonds is 10. The number of alkyl halides is 4. The van der Waals surface area contributed by atoms with Crippen LogP contribution in [0.2, 0.25) is 0 Å². The molecule has 12 heteroatoms. The molecule has 178 valence electrons. The third-order valence-electron chi connectivity index (χ3n) is 4.66. The number of hydrogen-bond donors (Lipinski definition) is 2. The Morgan fingerprint density at radius 2 is 1.91 bits per heavy atom. The van der Waals surface area contributed by atoms with E-state index in [0.29, 0.717) is 0 Å². The Hall–Kier alpha value is -2.73. The maximum Gasteiger partial charge on any atom is 0.265 e. The maximum absolute atomic E-state index is 13.7. The van der Waals surface area contributed by atoms with E-state index in [2.05, 4.69) is 5.32 Å². The number of carbonyl (C=O) groups is 3. The molecule has 1 saturated heterocycles. The molecule has 0 radical (unpaired) electrons. The number of amides is 3. The van der Waals surface area contributed by atoms with Crippen molar-refractivity contribution < 1.29 is 36.7 Å². The number of hydrogen-bond acceptors (Lipinski definition) is 5. The monoisotopic (exact) mass is 462 g/mol. The lowest BCUT2D eigenvalue weighted by Crippen LogP contribution is -2.54. The van der Waals surface area contributed by atoms with Crippen molar-refractivity contribution in [2.24, 2.45) is 11.7 Å². The Kier molecular flexibility index (Phi) is 8.96. The minimum absolute atomic E-state index is 0.00820. The minimum atomic E-state index is -2.97. The largest absolute Gasteiger partial charge is 0.370 e. The van der Waals surface area contributed by atoms with Crippen LogP contribution in [0.4, 0.5) is 28.9 Å². The molecule has 0 spiro atoms. The van der Waals surface area contributed by atoms with Crippen LogP contribution in [-0.2, 0) is 19.1 Å². The van der Waals surface area contributed by atoms with Crippen LogP contribution in [0.5, 0.6) is 0 Å². The van der Waals surface area contributed by atoms with Gasteiger partial charge in [0.25, 0.3) is 24.7 Å². The molecule has 3 N–H and O–H groups in total. The molecular weight excluding hydrogens is 436 g/mol. The van der Waals surface area contributed by atoms with Crippen molar-refractivity contribution in [3.63, 3.8) is 0 Å². The van der Waals surface area contributed by atoms with Gasteiger partial charge >= 0.3 is 0 Å². The van der Waals surface area contributed by atoms with E-state index < -0.39 is 48.7 Å². The number of benzene rings is 1. The van der Waals surface area contributed by atoms with Crippen molar-refractivity contribution in [3.8, 4) is 0 Å². The van der Waals surface area contributed by atoms with Gasteiger partial charge < -0.3 is 20.7 Å². The number of nitrogens with two attached hydrogens (primary N) is 1. The Balaban J connectivity index is 2.30. The summed E-state index contributed by atoms with van der Waals surface area (Å²) in [5, 5.41) is 2.30. The summed E-state index contributed by atoms with van der Waals surface area (Å²) in [6, 6.07) is 1.77. The molecule has 0 unspecified atom stereocenters. The predicted octanol–water partition coefficient (Wildman–Crippen LogP) is 2.00. The van der Waals surface area contributed by atoms with Crippen molar-refractivity contribution in [2.45, 2.75) is 32.7 Å². The molecule has 0 saturated carbocycles. The van der Waals surface area contributed by atoms with Gasteiger partial charge in [0.15, 0.2) is 6.04 Å². The third kappa shape index (κ3) is 6.63. The van der Waals surface area contributed by atoms with Crippen molar-refractivity contribution in [1.82, 2.24) is 4.90 Å². The van der Waals surface area contributed by atoms with E-state index in [1.165, 1.54) is 12.1 Å². The van der Waals surface area contributed by atoms with Crippen LogP contribution >= 0.6 is 0 Å². The fraction of sp³-hybridized carbons (Fsp3) is 0.550. The van der Waals surface area contributed by atoms with Gasteiger partial charge in [-0.2, -0.15) is 0 Å². The molecule has 1 aliphatic rings. The minimum Gasteiger partial charge on any atom is -0.370 e. The van der Waals surface area contributed by atoms with E-state index in [9.17, 15) is 31.9 Å². The first-order valence-electron chi connectivity index (χ1n) is 9.93. The molecule has 1 atom stereocenters. The fourth-order valence-corrected chi connectivity index (χ4v) is 3.44. The summed E-state index contributed by atoms with van der Waals surface area (Å²) < 4.78 is 58.3. The average Bonchev–Trinajstić information content (AvgIpc) is 2.67. The Morgan fingerprint density at radius 1 is 1.22 bits per heavy atom. The maximum atomic E-state index is 13.7. The number of halogens is 4. The molecule has 1 aliphatic heterocycles. The van der Waals surface area contributed by atoms with E-state index >= 15 is 0 Å². The van der Waals surface area contributed by atoms with Crippen molar-refractivity contribution in [3.05, 3.63) is 23.8 Å².